The number of nitrogens with one attached hydrogen (secondary N) is 2. The predicted octanol–water partition coefficient (Wildman–Crippen LogP) is 2.04. The van der Waals surface area contributed by atoms with Gasteiger partial charge in [-0.25, -0.2) is 4.79 Å². The maximum atomic E-state index is 12.1. The molecule has 112 valence electrons. The average molecular weight is 291 g/mol. The Balaban J connectivity index is 2.15. The number of aliphatic carboxylic acids is 1. The van der Waals surface area contributed by atoms with Crippen LogP contribution in [-0.4, -0.2) is 32.7 Å². The molecule has 0 spiro atoms. The molecule has 0 saturated heterocycles. The van der Waals surface area contributed by atoms with Crippen LogP contribution in [0, 0.1) is 0 Å². The van der Waals surface area contributed by atoms with Crippen LogP contribution < -0.4 is 5.32 Å². The topological polar surface area (TPSA) is 108 Å². The summed E-state index contributed by atoms with van der Waals surface area (Å²) < 4.78 is 5.19. The van der Waals surface area contributed by atoms with Crippen molar-refractivity contribution in [1.29, 1.82) is 0 Å². The molecule has 7 heteroatoms. The van der Waals surface area contributed by atoms with Crippen molar-refractivity contribution in [3.05, 3.63) is 30.2 Å². The lowest BCUT2D eigenvalue weighted by Crippen LogP contribution is -2.52. The van der Waals surface area contributed by atoms with E-state index >= 15 is 0 Å². The third-order valence-corrected chi connectivity index (χ3v) is 3.21. The zero-order valence-corrected chi connectivity index (χ0v) is 11.8. The van der Waals surface area contributed by atoms with Gasteiger partial charge in [0, 0.05) is 6.07 Å². The quantitative estimate of drug-likeness (QED) is 0.754. The number of furan rings is 1. The Hall–Kier alpha value is -2.57. The summed E-state index contributed by atoms with van der Waals surface area (Å²) >= 11 is 0. The van der Waals surface area contributed by atoms with E-state index in [-0.39, 0.29) is 5.69 Å². The number of carboxylic acid groups (broad SMARTS) is 1. The number of carboxylic acids is 1. The minimum atomic E-state index is -1.31. The average Bonchev–Trinajstić information content (AvgIpc) is 3.09. The van der Waals surface area contributed by atoms with Crippen LogP contribution in [0.25, 0.3) is 11.5 Å². The molecule has 0 bridgehead atoms. The van der Waals surface area contributed by atoms with Gasteiger partial charge in [-0.05, 0) is 25.5 Å². The zero-order chi connectivity index (χ0) is 15.5. The highest BCUT2D eigenvalue weighted by atomic mass is 16.4. The summed E-state index contributed by atoms with van der Waals surface area (Å²) in [5.41, 5.74) is -0.641. The van der Waals surface area contributed by atoms with Gasteiger partial charge in [0.1, 0.15) is 11.2 Å². The Kier molecular flexibility index (Phi) is 4.11. The first kappa shape index (κ1) is 14.8. The molecule has 1 amide bonds. The number of H-pyrrole nitrogens is 1. The van der Waals surface area contributed by atoms with Crippen LogP contribution in [0.5, 0.6) is 0 Å². The Morgan fingerprint density at radius 2 is 2.29 bits per heavy atom. The lowest BCUT2D eigenvalue weighted by Gasteiger charge is -2.25. The van der Waals surface area contributed by atoms with Gasteiger partial charge in [0.25, 0.3) is 5.91 Å². The van der Waals surface area contributed by atoms with E-state index in [2.05, 4.69) is 15.5 Å². The maximum absolute atomic E-state index is 12.1. The van der Waals surface area contributed by atoms with E-state index < -0.39 is 17.4 Å². The number of carbonyl (C=O) groups excluding carboxylic acids is 1. The van der Waals surface area contributed by atoms with E-state index in [9.17, 15) is 14.7 Å². The number of nitrogens with zero attached hydrogens (tertiary/aromatic N) is 1. The molecule has 1 unspecified atom stereocenters. The first-order valence-corrected chi connectivity index (χ1v) is 6.61. The molecule has 0 radical (unpaired) electrons. The predicted molar refractivity (Wildman–Crippen MR) is 74.7 cm³/mol. The summed E-state index contributed by atoms with van der Waals surface area (Å²) in [5, 5.41) is 18.3. The van der Waals surface area contributed by atoms with Crippen LogP contribution in [-0.2, 0) is 4.79 Å². The van der Waals surface area contributed by atoms with Crippen LogP contribution in [0.15, 0.2) is 28.9 Å². The van der Waals surface area contributed by atoms with E-state index in [1.54, 1.807) is 12.1 Å². The first-order valence-electron chi connectivity index (χ1n) is 6.61. The molecule has 2 aromatic rings. The summed E-state index contributed by atoms with van der Waals surface area (Å²) in [6, 6.07) is 4.97. The first-order chi connectivity index (χ1) is 9.96. The summed E-state index contributed by atoms with van der Waals surface area (Å²) in [5.74, 6) is -1.06. The smallest absolute Gasteiger partial charge is 0.329 e. The fourth-order valence-corrected chi connectivity index (χ4v) is 2.03. The molecule has 0 fully saturated rings. The second-order valence-corrected chi connectivity index (χ2v) is 4.99. The highest BCUT2D eigenvalue weighted by Crippen LogP contribution is 2.19. The van der Waals surface area contributed by atoms with Crippen LogP contribution in [0.3, 0.4) is 0 Å². The molecule has 21 heavy (non-hydrogen) atoms. The number of amides is 1. The van der Waals surface area contributed by atoms with Gasteiger partial charge >= 0.3 is 5.97 Å². The van der Waals surface area contributed by atoms with Gasteiger partial charge in [0.2, 0.25) is 0 Å². The molecule has 0 aliphatic carbocycles. The van der Waals surface area contributed by atoms with E-state index in [1.807, 2.05) is 6.92 Å². The minimum Gasteiger partial charge on any atom is -0.480 e. The Bertz CT molecular complexity index is 632. The van der Waals surface area contributed by atoms with Gasteiger partial charge in [-0.2, -0.15) is 5.10 Å². The molecule has 0 saturated carbocycles. The Labute approximate surface area is 121 Å². The molecule has 3 N–H and O–H groups in total. The molecule has 2 heterocycles. The van der Waals surface area contributed by atoms with Gasteiger partial charge in [-0.1, -0.05) is 13.3 Å². The van der Waals surface area contributed by atoms with E-state index in [4.69, 9.17) is 4.42 Å². The Morgan fingerprint density at radius 1 is 1.52 bits per heavy atom. The number of hydrogen-bond acceptors (Lipinski definition) is 4. The Morgan fingerprint density at radius 3 is 2.86 bits per heavy atom. The van der Waals surface area contributed by atoms with Gasteiger partial charge in [-0.15, -0.1) is 0 Å². The van der Waals surface area contributed by atoms with Crippen LogP contribution in [0.1, 0.15) is 37.2 Å². The molecule has 0 aromatic carbocycles. The zero-order valence-electron chi connectivity index (χ0n) is 11.8. The third kappa shape index (κ3) is 3.13. The number of carbonyl (C=O) groups is 2. The van der Waals surface area contributed by atoms with Crippen molar-refractivity contribution in [2.24, 2.45) is 0 Å². The van der Waals surface area contributed by atoms with Crippen molar-refractivity contribution in [2.45, 2.75) is 32.2 Å². The van der Waals surface area contributed by atoms with Gasteiger partial charge in [0.15, 0.2) is 11.5 Å². The largest absolute Gasteiger partial charge is 0.480 e. The number of aromatic amines is 1. The second kappa shape index (κ2) is 5.82. The molecular formula is C14H17N3O4. The summed E-state index contributed by atoms with van der Waals surface area (Å²) in [4.78, 5) is 23.4. The van der Waals surface area contributed by atoms with E-state index in [0.29, 0.717) is 24.3 Å². The van der Waals surface area contributed by atoms with Crippen molar-refractivity contribution < 1.29 is 19.1 Å². The van der Waals surface area contributed by atoms with Crippen molar-refractivity contribution in [2.75, 3.05) is 0 Å². The molecule has 0 aliphatic rings. The van der Waals surface area contributed by atoms with Crippen molar-refractivity contribution in [3.63, 3.8) is 0 Å². The van der Waals surface area contributed by atoms with Crippen molar-refractivity contribution in [3.8, 4) is 11.5 Å². The molecule has 2 aromatic heterocycles. The van der Waals surface area contributed by atoms with Crippen LogP contribution >= 0.6 is 0 Å². The third-order valence-electron chi connectivity index (χ3n) is 3.21. The van der Waals surface area contributed by atoms with Gasteiger partial charge < -0.3 is 14.8 Å². The van der Waals surface area contributed by atoms with Crippen molar-refractivity contribution >= 4 is 11.9 Å². The highest BCUT2D eigenvalue weighted by molar-refractivity contribution is 5.96. The lowest BCUT2D eigenvalue weighted by molar-refractivity contribution is -0.144. The molecule has 7 nitrogen and oxygen atoms in total. The fourth-order valence-electron chi connectivity index (χ4n) is 2.03. The van der Waals surface area contributed by atoms with Gasteiger partial charge in [0.05, 0.1) is 6.26 Å². The molecular weight excluding hydrogens is 274 g/mol. The standard InChI is InChI=1S/C14H17N3O4/c1-3-6-14(2,13(19)20)15-12(18)10-8-9(16-17-10)11-5-4-7-21-11/h4-5,7-8H,3,6H2,1-2H3,(H,15,18)(H,16,17)(H,19,20). The highest BCUT2D eigenvalue weighted by Gasteiger charge is 2.34. The number of rotatable bonds is 6. The molecule has 1 atom stereocenters. The summed E-state index contributed by atoms with van der Waals surface area (Å²) in [6.07, 6.45) is 2.49. The molecule has 2 rings (SSSR count). The van der Waals surface area contributed by atoms with E-state index in [1.165, 1.54) is 19.3 Å². The minimum absolute atomic E-state index is 0.116. The number of aromatic nitrogens is 2. The SMILES string of the molecule is CCCC(C)(NC(=O)c1cc(-c2ccco2)[nH]n1)C(=O)O. The van der Waals surface area contributed by atoms with Crippen molar-refractivity contribution in [1.82, 2.24) is 15.5 Å². The molecule has 0 aliphatic heterocycles. The second-order valence-electron chi connectivity index (χ2n) is 4.99. The van der Waals surface area contributed by atoms with E-state index in [0.717, 1.165) is 0 Å². The van der Waals surface area contributed by atoms with Crippen LogP contribution in [0.4, 0.5) is 0 Å². The normalized spacial score (nSPS) is 13.6. The number of hydrogen-bond donors (Lipinski definition) is 3. The van der Waals surface area contributed by atoms with Crippen LogP contribution in [0.2, 0.25) is 0 Å². The summed E-state index contributed by atoms with van der Waals surface area (Å²) in [7, 11) is 0. The summed E-state index contributed by atoms with van der Waals surface area (Å²) in [6.45, 7) is 3.34. The monoisotopic (exact) mass is 291 g/mol. The maximum Gasteiger partial charge on any atom is 0.329 e. The fraction of sp³-hybridized carbons (Fsp3) is 0.357. The van der Waals surface area contributed by atoms with Gasteiger partial charge in [-0.3, -0.25) is 9.89 Å². The lowest BCUT2D eigenvalue weighted by atomic mass is 9.96.